The number of carboxylic acids is 1. The van der Waals surface area contributed by atoms with Crippen LogP contribution in [0.25, 0.3) is 0 Å². The van der Waals surface area contributed by atoms with Gasteiger partial charge in [-0.1, -0.05) is 18.2 Å². The minimum atomic E-state index is -1.27. The molecule has 0 bridgehead atoms. The van der Waals surface area contributed by atoms with Crippen molar-refractivity contribution in [2.75, 3.05) is 19.8 Å². The quantitative estimate of drug-likeness (QED) is 0.746. The molecule has 0 aliphatic carbocycles. The maximum atomic E-state index is 11.9. The molecule has 0 radical (unpaired) electrons. The van der Waals surface area contributed by atoms with Crippen molar-refractivity contribution in [2.45, 2.75) is 31.7 Å². The van der Waals surface area contributed by atoms with Gasteiger partial charge in [0.05, 0.1) is 13.2 Å². The molecule has 1 unspecified atom stereocenters. The lowest BCUT2D eigenvalue weighted by Gasteiger charge is -2.23. The van der Waals surface area contributed by atoms with Crippen LogP contribution in [0.15, 0.2) is 24.3 Å². The average molecular weight is 307 g/mol. The van der Waals surface area contributed by atoms with Gasteiger partial charge in [-0.3, -0.25) is 4.79 Å². The van der Waals surface area contributed by atoms with E-state index in [2.05, 4.69) is 5.32 Å². The normalized spacial score (nSPS) is 20.6. The second-order valence-corrected chi connectivity index (χ2v) is 5.46. The molecule has 1 heterocycles. The SMILES string of the molecule is Cc1ccccc1OCCCC(=O)NC1(C(=O)O)CCOC1. The van der Waals surface area contributed by atoms with Gasteiger partial charge in [-0.15, -0.1) is 0 Å². The Kier molecular flexibility index (Phi) is 5.38. The molecule has 1 fully saturated rings. The predicted octanol–water partition coefficient (Wildman–Crippen LogP) is 1.51. The van der Waals surface area contributed by atoms with Crippen molar-refractivity contribution in [3.8, 4) is 5.75 Å². The number of para-hydroxylation sites is 1. The number of aryl methyl sites for hydroxylation is 1. The molecule has 1 aliphatic heterocycles. The van der Waals surface area contributed by atoms with E-state index in [1.807, 2.05) is 31.2 Å². The smallest absolute Gasteiger partial charge is 0.331 e. The van der Waals surface area contributed by atoms with Crippen LogP contribution in [0.2, 0.25) is 0 Å². The summed E-state index contributed by atoms with van der Waals surface area (Å²) in [6, 6.07) is 7.67. The van der Waals surface area contributed by atoms with Crippen LogP contribution in [0, 0.1) is 6.92 Å². The number of benzene rings is 1. The van der Waals surface area contributed by atoms with E-state index in [9.17, 15) is 14.7 Å². The highest BCUT2D eigenvalue weighted by Crippen LogP contribution is 2.19. The molecule has 6 nitrogen and oxygen atoms in total. The Morgan fingerprint density at radius 2 is 2.18 bits per heavy atom. The van der Waals surface area contributed by atoms with Gasteiger partial charge in [-0.05, 0) is 25.0 Å². The van der Waals surface area contributed by atoms with Gasteiger partial charge in [0, 0.05) is 19.4 Å². The summed E-state index contributed by atoms with van der Waals surface area (Å²) in [5.41, 5.74) is -0.228. The number of nitrogens with one attached hydrogen (secondary N) is 1. The van der Waals surface area contributed by atoms with E-state index in [4.69, 9.17) is 9.47 Å². The van der Waals surface area contributed by atoms with Crippen LogP contribution in [0.1, 0.15) is 24.8 Å². The fourth-order valence-electron chi connectivity index (χ4n) is 2.35. The number of carbonyl (C=O) groups excluding carboxylic acids is 1. The van der Waals surface area contributed by atoms with Gasteiger partial charge in [0.2, 0.25) is 5.91 Å². The lowest BCUT2D eigenvalue weighted by molar-refractivity contribution is -0.147. The van der Waals surface area contributed by atoms with E-state index >= 15 is 0 Å². The first-order valence-corrected chi connectivity index (χ1v) is 7.34. The maximum Gasteiger partial charge on any atom is 0.331 e. The maximum absolute atomic E-state index is 11.9. The molecule has 2 rings (SSSR count). The Morgan fingerprint density at radius 1 is 1.41 bits per heavy atom. The van der Waals surface area contributed by atoms with Crippen molar-refractivity contribution in [2.24, 2.45) is 0 Å². The number of carboxylic acid groups (broad SMARTS) is 1. The highest BCUT2D eigenvalue weighted by Gasteiger charge is 2.43. The Balaban J connectivity index is 1.74. The van der Waals surface area contributed by atoms with Crippen LogP contribution in [0.3, 0.4) is 0 Å². The molecule has 1 aromatic carbocycles. The fraction of sp³-hybridized carbons (Fsp3) is 0.500. The first-order valence-electron chi connectivity index (χ1n) is 7.34. The summed E-state index contributed by atoms with van der Waals surface area (Å²) in [5, 5.41) is 11.8. The molecule has 120 valence electrons. The minimum Gasteiger partial charge on any atom is -0.493 e. The number of hydrogen-bond donors (Lipinski definition) is 2. The molecule has 1 saturated heterocycles. The van der Waals surface area contributed by atoms with Crippen LogP contribution in [0.5, 0.6) is 5.75 Å². The van der Waals surface area contributed by atoms with Crippen LogP contribution in [0.4, 0.5) is 0 Å². The summed E-state index contributed by atoms with van der Waals surface area (Å²) in [4.78, 5) is 23.2. The largest absolute Gasteiger partial charge is 0.493 e. The molecular weight excluding hydrogens is 286 g/mol. The Morgan fingerprint density at radius 3 is 2.82 bits per heavy atom. The molecule has 2 N–H and O–H groups in total. The first kappa shape index (κ1) is 16.3. The minimum absolute atomic E-state index is 0.0216. The summed E-state index contributed by atoms with van der Waals surface area (Å²) in [5.74, 6) is -0.537. The lowest BCUT2D eigenvalue weighted by Crippen LogP contribution is -2.55. The zero-order valence-corrected chi connectivity index (χ0v) is 12.6. The Bertz CT molecular complexity index is 537. The van der Waals surface area contributed by atoms with E-state index in [-0.39, 0.29) is 18.9 Å². The van der Waals surface area contributed by atoms with Gasteiger partial charge in [-0.25, -0.2) is 4.79 Å². The fourth-order valence-corrected chi connectivity index (χ4v) is 2.35. The van der Waals surface area contributed by atoms with E-state index in [1.54, 1.807) is 0 Å². The molecule has 1 amide bonds. The van der Waals surface area contributed by atoms with E-state index in [0.717, 1.165) is 11.3 Å². The first-order chi connectivity index (χ1) is 10.5. The third-order valence-corrected chi connectivity index (χ3v) is 3.71. The Hall–Kier alpha value is -2.08. The molecule has 1 atom stereocenters. The van der Waals surface area contributed by atoms with Crippen molar-refractivity contribution < 1.29 is 24.2 Å². The standard InChI is InChI=1S/C16H21NO5/c1-12-5-2-3-6-13(12)22-9-4-7-14(18)17-16(15(19)20)8-10-21-11-16/h2-3,5-6H,4,7-11H2,1H3,(H,17,18)(H,19,20). The second-order valence-electron chi connectivity index (χ2n) is 5.46. The highest BCUT2D eigenvalue weighted by atomic mass is 16.5. The number of rotatable bonds is 7. The molecule has 1 aliphatic rings. The van der Waals surface area contributed by atoms with E-state index in [0.29, 0.717) is 26.1 Å². The summed E-state index contributed by atoms with van der Waals surface area (Å²) in [6.07, 6.45) is 1.05. The van der Waals surface area contributed by atoms with E-state index < -0.39 is 11.5 Å². The van der Waals surface area contributed by atoms with Gasteiger partial charge in [-0.2, -0.15) is 0 Å². The molecule has 6 heteroatoms. The monoisotopic (exact) mass is 307 g/mol. The average Bonchev–Trinajstić information content (AvgIpc) is 2.95. The van der Waals surface area contributed by atoms with Crippen molar-refractivity contribution in [3.05, 3.63) is 29.8 Å². The van der Waals surface area contributed by atoms with E-state index in [1.165, 1.54) is 0 Å². The van der Waals surface area contributed by atoms with Crippen LogP contribution in [-0.4, -0.2) is 42.3 Å². The van der Waals surface area contributed by atoms with Crippen LogP contribution < -0.4 is 10.1 Å². The molecular formula is C16H21NO5. The van der Waals surface area contributed by atoms with Crippen LogP contribution >= 0.6 is 0 Å². The molecule has 22 heavy (non-hydrogen) atoms. The third-order valence-electron chi connectivity index (χ3n) is 3.71. The zero-order chi connectivity index (χ0) is 16.0. The summed E-state index contributed by atoms with van der Waals surface area (Å²) < 4.78 is 10.7. The van der Waals surface area contributed by atoms with Crippen molar-refractivity contribution >= 4 is 11.9 Å². The number of aliphatic carboxylic acids is 1. The number of ether oxygens (including phenoxy) is 2. The zero-order valence-electron chi connectivity index (χ0n) is 12.6. The molecule has 1 aromatic rings. The van der Waals surface area contributed by atoms with Gasteiger partial charge >= 0.3 is 5.97 Å². The van der Waals surface area contributed by atoms with Gasteiger partial charge in [0.1, 0.15) is 5.75 Å². The van der Waals surface area contributed by atoms with Gasteiger partial charge < -0.3 is 19.9 Å². The molecule has 0 spiro atoms. The topological polar surface area (TPSA) is 84.9 Å². The summed E-state index contributed by atoms with van der Waals surface area (Å²) in [6.45, 7) is 2.74. The van der Waals surface area contributed by atoms with Gasteiger partial charge in [0.25, 0.3) is 0 Å². The highest BCUT2D eigenvalue weighted by molar-refractivity contribution is 5.87. The summed E-state index contributed by atoms with van der Waals surface area (Å²) >= 11 is 0. The number of hydrogen-bond acceptors (Lipinski definition) is 4. The lowest BCUT2D eigenvalue weighted by atomic mass is 9.99. The van der Waals surface area contributed by atoms with Crippen LogP contribution in [-0.2, 0) is 14.3 Å². The third kappa shape index (κ3) is 3.98. The van der Waals surface area contributed by atoms with Crippen molar-refractivity contribution in [1.29, 1.82) is 0 Å². The van der Waals surface area contributed by atoms with Crippen molar-refractivity contribution in [1.82, 2.24) is 5.32 Å². The predicted molar refractivity (Wildman–Crippen MR) is 79.9 cm³/mol. The molecule has 0 saturated carbocycles. The molecule has 0 aromatic heterocycles. The van der Waals surface area contributed by atoms with Crippen molar-refractivity contribution in [3.63, 3.8) is 0 Å². The second kappa shape index (κ2) is 7.26. The summed E-state index contributed by atoms with van der Waals surface area (Å²) in [7, 11) is 0. The van der Waals surface area contributed by atoms with Gasteiger partial charge in [0.15, 0.2) is 5.54 Å². The number of carbonyl (C=O) groups is 2. The number of amides is 1. The Labute approximate surface area is 129 Å².